The Balaban J connectivity index is 0.739. The normalized spacial score (nSPS) is 54.5. The molecular weight excluding hydrogens is 1010 g/mol. The molecular formula is C40H66O33. The minimum Gasteiger partial charge on any atom is -0.388 e. The van der Waals surface area contributed by atoms with Crippen molar-refractivity contribution >= 4 is 0 Å². The lowest BCUT2D eigenvalue weighted by molar-refractivity contribution is -0.368. The largest absolute Gasteiger partial charge is 0.388 e. The van der Waals surface area contributed by atoms with Gasteiger partial charge >= 0.3 is 0 Å². The molecule has 0 spiro atoms. The first-order valence-electron chi connectivity index (χ1n) is 23.4. The van der Waals surface area contributed by atoms with Crippen LogP contribution in [0.4, 0.5) is 0 Å². The molecule has 33 heteroatoms. The van der Waals surface area contributed by atoms with Crippen LogP contribution < -0.4 is 0 Å². The molecule has 0 saturated carbocycles. The highest BCUT2D eigenvalue weighted by molar-refractivity contribution is 4.95. The average molecular weight is 1070 g/mol. The number of hydrogen-bond acceptors (Lipinski definition) is 33. The number of rotatable bonds is 14. The Morgan fingerprint density at radius 1 is 0.192 bits per heavy atom. The molecule has 8 rings (SSSR count). The minimum absolute atomic E-state index is 0.386. The van der Waals surface area contributed by atoms with Gasteiger partial charge in [-0.2, -0.15) is 0 Å². The molecule has 0 amide bonds. The number of hydrogen-bond donors (Lipinski definition) is 18. The average Bonchev–Trinajstić information content (AvgIpc) is 3.37. The van der Waals surface area contributed by atoms with Crippen LogP contribution in [-0.4, -0.2) is 342 Å². The lowest BCUT2D eigenvalue weighted by atomic mass is 10.0. The summed E-state index contributed by atoms with van der Waals surface area (Å²) < 4.78 is 82.0. The zero-order valence-electron chi connectivity index (χ0n) is 38.3. The van der Waals surface area contributed by atoms with Crippen molar-refractivity contribution in [1.82, 2.24) is 0 Å². The zero-order chi connectivity index (χ0) is 52.7. The number of ether oxygens (including phenoxy) is 15. The van der Waals surface area contributed by atoms with Crippen molar-refractivity contribution in [2.75, 3.05) is 52.9 Å². The second kappa shape index (κ2) is 24.8. The van der Waals surface area contributed by atoms with Crippen LogP contribution in [0.1, 0.15) is 0 Å². The van der Waals surface area contributed by atoms with Gasteiger partial charge in [-0.25, -0.2) is 0 Å². The van der Waals surface area contributed by atoms with Crippen molar-refractivity contribution in [2.24, 2.45) is 0 Å². The maximum absolute atomic E-state index is 11.0. The molecule has 33 nitrogen and oxygen atoms in total. The van der Waals surface area contributed by atoms with E-state index in [1.165, 1.54) is 0 Å². The maximum atomic E-state index is 11.0. The fourth-order valence-corrected chi connectivity index (χ4v) is 9.05. The molecule has 0 bridgehead atoms. The summed E-state index contributed by atoms with van der Waals surface area (Å²) >= 11 is 0. The Hall–Kier alpha value is -1.32. The first-order valence-corrected chi connectivity index (χ1v) is 23.4. The molecule has 8 heterocycles. The molecule has 32 atom stereocenters. The van der Waals surface area contributed by atoms with Crippen LogP contribution in [-0.2, 0) is 71.1 Å². The van der Waals surface area contributed by atoms with Gasteiger partial charge < -0.3 is 163 Å². The van der Waals surface area contributed by atoms with Crippen molar-refractivity contribution in [3.05, 3.63) is 0 Å². The fraction of sp³-hybridized carbons (Fsp3) is 1.00. The molecule has 8 fully saturated rings. The molecule has 424 valence electrons. The van der Waals surface area contributed by atoms with Crippen LogP contribution in [0.15, 0.2) is 0 Å². The maximum Gasteiger partial charge on any atom is 0.186 e. The second-order valence-electron chi connectivity index (χ2n) is 18.8. The summed E-state index contributed by atoms with van der Waals surface area (Å²) in [5.74, 6) is 0. The smallest absolute Gasteiger partial charge is 0.186 e. The topological polar surface area (TPSA) is 503 Å². The van der Waals surface area contributed by atoms with E-state index in [1.807, 2.05) is 0 Å². The zero-order valence-corrected chi connectivity index (χ0v) is 38.3. The van der Waals surface area contributed by atoms with Gasteiger partial charge in [-0.1, -0.05) is 0 Å². The van der Waals surface area contributed by atoms with Gasteiger partial charge in [0.15, 0.2) is 50.3 Å². The summed E-state index contributed by atoms with van der Waals surface area (Å²) in [5.41, 5.74) is 0. The van der Waals surface area contributed by atoms with Gasteiger partial charge in [0.05, 0.1) is 52.9 Å². The summed E-state index contributed by atoms with van der Waals surface area (Å²) in [4.78, 5) is 0. The standard InChI is InChI=1S/C40H66O33/c41-9-1-60-34(26(51)17(9)42)68-11-3-62-36(28(53)19(11)44)70-13-5-64-38(30(55)21(13)46)72-15-7-66-40(32(57)23(15)48)73-16-8-65-39(31(56)24(16)49)71-14-6-63-37(29(54)22(14)47)69-12-4-61-35(27(52)20(12)45)67-10-2-59-33(58)25(50)18(10)43/h9-58H,1-8H2/t9-,10-,11-,12-,13-,14-,15-,16-,17+,18+,19+,20+,21+,22+,23+,24+,25-,26-,27-,28-,29-,30-,31-,32-,33?,34+,35+,36+,37+,38+,39+,40+/m1/s1. The molecule has 0 aromatic heterocycles. The Kier molecular flexibility index (Phi) is 19.6. The van der Waals surface area contributed by atoms with Gasteiger partial charge in [-0.3, -0.25) is 0 Å². The fourth-order valence-electron chi connectivity index (χ4n) is 9.05. The molecule has 8 aliphatic rings. The third kappa shape index (κ3) is 12.6. The van der Waals surface area contributed by atoms with E-state index in [0.717, 1.165) is 0 Å². The third-order valence-electron chi connectivity index (χ3n) is 13.7. The van der Waals surface area contributed by atoms with E-state index in [4.69, 9.17) is 71.1 Å². The molecule has 73 heavy (non-hydrogen) atoms. The van der Waals surface area contributed by atoms with Gasteiger partial charge in [0, 0.05) is 0 Å². The van der Waals surface area contributed by atoms with Crippen molar-refractivity contribution in [2.45, 2.75) is 197 Å². The van der Waals surface area contributed by atoms with E-state index in [-0.39, 0.29) is 13.2 Å². The first-order chi connectivity index (χ1) is 34.6. The molecule has 0 aromatic carbocycles. The van der Waals surface area contributed by atoms with Crippen molar-refractivity contribution < 1.29 is 163 Å². The summed E-state index contributed by atoms with van der Waals surface area (Å²) in [5, 5.41) is 189. The SMILES string of the molecule is OC1OC[C@@H](O[C@@H]2OC[C@@H](O[C@@H]3OC[C@@H](O[C@@H]4OC[C@@H](O[C@@H]5OC[C@@H](O[C@@H]6OC[C@@H](O[C@@H]7OC[C@@H](O[C@@H]8OC[C@@H](O)[C@H](O)[C@H]8O)[C@H](O)[C@H]7O)[C@H](O)[C@H]6O)[C@H](O)[C@H]5O)[C@H](O)[C@H]4O)[C@H](O)[C@H]3O)[C@H](O)[C@H]2O)[C@H](O)[C@H]1O. The van der Waals surface area contributed by atoms with Gasteiger partial charge in [-0.05, 0) is 0 Å². The predicted molar refractivity (Wildman–Crippen MR) is 216 cm³/mol. The summed E-state index contributed by atoms with van der Waals surface area (Å²) in [6.07, 6.45) is -52.2. The Morgan fingerprint density at radius 3 is 0.603 bits per heavy atom. The third-order valence-corrected chi connectivity index (χ3v) is 13.7. The lowest BCUT2D eigenvalue weighted by Gasteiger charge is -2.45. The van der Waals surface area contributed by atoms with E-state index < -0.39 is 236 Å². The quantitative estimate of drug-likeness (QED) is 0.0768. The molecule has 0 aliphatic carbocycles. The van der Waals surface area contributed by atoms with Crippen molar-refractivity contribution in [3.63, 3.8) is 0 Å². The van der Waals surface area contributed by atoms with Gasteiger partial charge in [0.25, 0.3) is 0 Å². The Labute approximate surface area is 412 Å². The molecule has 0 aromatic rings. The number of aliphatic hydroxyl groups excluding tert-OH is 18. The van der Waals surface area contributed by atoms with Crippen LogP contribution in [0.2, 0.25) is 0 Å². The van der Waals surface area contributed by atoms with Crippen LogP contribution >= 0.6 is 0 Å². The predicted octanol–water partition coefficient (Wildman–Crippen LogP) is -13.3. The van der Waals surface area contributed by atoms with Gasteiger partial charge in [0.2, 0.25) is 0 Å². The highest BCUT2D eigenvalue weighted by Gasteiger charge is 2.53. The number of aliphatic hydroxyl groups is 18. The van der Waals surface area contributed by atoms with Crippen LogP contribution in [0.25, 0.3) is 0 Å². The molecule has 18 N–H and O–H groups in total. The summed E-state index contributed by atoms with van der Waals surface area (Å²) in [7, 11) is 0. The summed E-state index contributed by atoms with van der Waals surface area (Å²) in [6, 6.07) is 0. The molecule has 8 aliphatic heterocycles. The van der Waals surface area contributed by atoms with Crippen LogP contribution in [0.3, 0.4) is 0 Å². The van der Waals surface area contributed by atoms with Crippen LogP contribution in [0.5, 0.6) is 0 Å². The first kappa shape index (κ1) is 57.8. The highest BCUT2D eigenvalue weighted by Crippen LogP contribution is 2.33. The minimum atomic E-state index is -1.89. The van der Waals surface area contributed by atoms with E-state index in [1.54, 1.807) is 0 Å². The Bertz CT molecular complexity index is 1600. The molecule has 1 unspecified atom stereocenters. The molecule has 8 saturated heterocycles. The van der Waals surface area contributed by atoms with E-state index in [2.05, 4.69) is 0 Å². The van der Waals surface area contributed by atoms with Crippen molar-refractivity contribution in [3.8, 4) is 0 Å². The molecule has 0 radical (unpaired) electrons. The van der Waals surface area contributed by atoms with E-state index >= 15 is 0 Å². The lowest BCUT2D eigenvalue weighted by Crippen LogP contribution is -2.63. The second-order valence-corrected chi connectivity index (χ2v) is 18.8. The monoisotopic (exact) mass is 1070 g/mol. The van der Waals surface area contributed by atoms with Gasteiger partial charge in [0.1, 0.15) is 146 Å². The highest BCUT2D eigenvalue weighted by atomic mass is 16.8. The van der Waals surface area contributed by atoms with Crippen molar-refractivity contribution in [1.29, 1.82) is 0 Å². The Morgan fingerprint density at radius 2 is 0.370 bits per heavy atom. The van der Waals surface area contributed by atoms with Crippen LogP contribution in [0, 0.1) is 0 Å². The van der Waals surface area contributed by atoms with E-state index in [9.17, 15) is 91.9 Å². The summed E-state index contributed by atoms with van der Waals surface area (Å²) in [6.45, 7) is -3.74. The van der Waals surface area contributed by atoms with E-state index in [0.29, 0.717) is 0 Å². The van der Waals surface area contributed by atoms with Gasteiger partial charge in [-0.15, -0.1) is 0 Å².